The summed E-state index contributed by atoms with van der Waals surface area (Å²) in [6.45, 7) is 8.66. The molecule has 2 fully saturated rings. The van der Waals surface area contributed by atoms with Crippen molar-refractivity contribution in [3.05, 3.63) is 48.6 Å². The van der Waals surface area contributed by atoms with Gasteiger partial charge in [-0.1, -0.05) is 43.8 Å². The van der Waals surface area contributed by atoms with E-state index in [4.69, 9.17) is 0 Å². The van der Waals surface area contributed by atoms with Gasteiger partial charge in [0.2, 0.25) is 11.8 Å². The molecule has 0 N–H and O–H groups in total. The van der Waals surface area contributed by atoms with Gasteiger partial charge >= 0.3 is 0 Å². The second kappa shape index (κ2) is 8.30. The lowest BCUT2D eigenvalue weighted by atomic mass is 9.71. The van der Waals surface area contributed by atoms with Crippen LogP contribution in [0.1, 0.15) is 25.3 Å². The summed E-state index contributed by atoms with van der Waals surface area (Å²) in [5.74, 6) is 2.83. The zero-order valence-electron chi connectivity index (χ0n) is 15.5. The van der Waals surface area contributed by atoms with E-state index in [9.17, 15) is 9.59 Å². The number of piperidine rings is 1. The van der Waals surface area contributed by atoms with Gasteiger partial charge in [-0.2, -0.15) is 11.8 Å². The van der Waals surface area contributed by atoms with E-state index in [1.807, 2.05) is 34.9 Å². The Morgan fingerprint density at radius 3 is 2.50 bits per heavy atom. The normalized spacial score (nSPS) is 23.2. The number of thioether (sulfide) groups is 1. The molecule has 0 aliphatic carbocycles. The molecule has 0 aromatic heterocycles. The molecule has 0 radical (unpaired) electrons. The average molecular weight is 373 g/mol. The molecule has 0 spiro atoms. The maximum Gasteiger partial charge on any atom is 0.245 e. The van der Waals surface area contributed by atoms with Gasteiger partial charge in [-0.15, -0.1) is 0 Å². The summed E-state index contributed by atoms with van der Waals surface area (Å²) >= 11 is 1.94. The number of rotatable bonds is 3. The monoisotopic (exact) mass is 372 g/mol. The van der Waals surface area contributed by atoms with E-state index in [2.05, 4.69) is 30.5 Å². The summed E-state index contributed by atoms with van der Waals surface area (Å²) in [5, 5.41) is 0. The van der Waals surface area contributed by atoms with Crippen molar-refractivity contribution in [1.82, 2.24) is 9.80 Å². The van der Waals surface area contributed by atoms with Crippen LogP contribution in [0.2, 0.25) is 0 Å². The van der Waals surface area contributed by atoms with Gasteiger partial charge < -0.3 is 9.80 Å². The number of carbonyl (C=O) groups excluding carboxylic acids is 2. The van der Waals surface area contributed by atoms with Crippen LogP contribution in [0.15, 0.2) is 43.0 Å². The van der Waals surface area contributed by atoms with Crippen LogP contribution >= 0.6 is 11.8 Å². The molecule has 26 heavy (non-hydrogen) atoms. The largest absolute Gasteiger partial charge is 0.341 e. The van der Waals surface area contributed by atoms with Crippen molar-refractivity contribution in [3.63, 3.8) is 0 Å². The number of hydrogen-bond donors (Lipinski definition) is 0. The van der Waals surface area contributed by atoms with E-state index in [1.54, 1.807) is 0 Å². The van der Waals surface area contributed by atoms with Crippen LogP contribution in [0, 0.1) is 5.92 Å². The summed E-state index contributed by atoms with van der Waals surface area (Å²) in [6, 6.07) is 10.1. The Labute approximate surface area is 160 Å². The van der Waals surface area contributed by atoms with Crippen molar-refractivity contribution in [2.45, 2.75) is 25.2 Å². The van der Waals surface area contributed by atoms with E-state index in [0.717, 1.165) is 30.2 Å². The fourth-order valence-corrected chi connectivity index (χ4v) is 5.11. The zero-order chi connectivity index (χ0) is 18.6. The van der Waals surface area contributed by atoms with Crippen molar-refractivity contribution in [2.75, 3.05) is 37.7 Å². The first kappa shape index (κ1) is 19.0. The molecule has 3 rings (SSSR count). The number of likely N-dealkylation sites (tertiary alicyclic amines) is 1. The molecule has 2 amide bonds. The molecule has 1 aromatic rings. The SMILES string of the molecule is C=CC(=O)N1CCC(C(=O)N2CCSCC(C)C2)(c2ccccc2)CC1. The predicted molar refractivity (Wildman–Crippen MR) is 107 cm³/mol. The summed E-state index contributed by atoms with van der Waals surface area (Å²) < 4.78 is 0. The molecule has 140 valence electrons. The van der Waals surface area contributed by atoms with E-state index >= 15 is 0 Å². The quantitative estimate of drug-likeness (QED) is 0.766. The Morgan fingerprint density at radius 2 is 1.85 bits per heavy atom. The van der Waals surface area contributed by atoms with Crippen molar-refractivity contribution >= 4 is 23.6 Å². The molecular formula is C21H28N2O2S. The van der Waals surface area contributed by atoms with Crippen LogP contribution in [0.25, 0.3) is 0 Å². The summed E-state index contributed by atoms with van der Waals surface area (Å²) in [4.78, 5) is 29.6. The molecule has 4 nitrogen and oxygen atoms in total. The highest BCUT2D eigenvalue weighted by Crippen LogP contribution is 2.38. The molecule has 1 unspecified atom stereocenters. The van der Waals surface area contributed by atoms with Gasteiger partial charge in [0.05, 0.1) is 5.41 Å². The summed E-state index contributed by atoms with van der Waals surface area (Å²) in [5.41, 5.74) is 0.564. The fraction of sp³-hybridized carbons (Fsp3) is 0.524. The van der Waals surface area contributed by atoms with Crippen LogP contribution in [-0.4, -0.2) is 59.3 Å². The third-order valence-corrected chi connectivity index (χ3v) is 6.84. The van der Waals surface area contributed by atoms with Gasteiger partial charge in [-0.25, -0.2) is 0 Å². The molecule has 0 bridgehead atoms. The summed E-state index contributed by atoms with van der Waals surface area (Å²) in [7, 11) is 0. The Morgan fingerprint density at radius 1 is 1.15 bits per heavy atom. The minimum absolute atomic E-state index is 0.0427. The topological polar surface area (TPSA) is 40.6 Å². The van der Waals surface area contributed by atoms with Gasteiger partial charge in [0.25, 0.3) is 0 Å². The lowest BCUT2D eigenvalue weighted by molar-refractivity contribution is -0.142. The minimum atomic E-state index is -0.520. The molecule has 2 aliphatic heterocycles. The number of hydrogen-bond acceptors (Lipinski definition) is 3. The lowest BCUT2D eigenvalue weighted by Gasteiger charge is -2.43. The minimum Gasteiger partial charge on any atom is -0.341 e. The Kier molecular flexibility index (Phi) is 6.07. The molecule has 1 aromatic carbocycles. The predicted octanol–water partition coefficient (Wildman–Crippen LogP) is 2.94. The van der Waals surface area contributed by atoms with Crippen LogP contribution < -0.4 is 0 Å². The van der Waals surface area contributed by atoms with Crippen molar-refractivity contribution in [1.29, 1.82) is 0 Å². The maximum absolute atomic E-state index is 13.7. The highest BCUT2D eigenvalue weighted by atomic mass is 32.2. The smallest absolute Gasteiger partial charge is 0.245 e. The average Bonchev–Trinajstić information content (AvgIpc) is 2.92. The molecule has 2 aliphatic rings. The number of amides is 2. The zero-order valence-corrected chi connectivity index (χ0v) is 16.3. The highest BCUT2D eigenvalue weighted by molar-refractivity contribution is 7.99. The molecular weight excluding hydrogens is 344 g/mol. The fourth-order valence-electron chi connectivity index (χ4n) is 4.09. The highest BCUT2D eigenvalue weighted by Gasteiger charge is 2.45. The molecule has 2 saturated heterocycles. The number of carbonyl (C=O) groups is 2. The van der Waals surface area contributed by atoms with E-state index in [-0.39, 0.29) is 11.8 Å². The van der Waals surface area contributed by atoms with Gasteiger partial charge in [0.15, 0.2) is 0 Å². The first-order valence-electron chi connectivity index (χ1n) is 9.41. The van der Waals surface area contributed by atoms with Crippen LogP contribution in [0.3, 0.4) is 0 Å². The van der Waals surface area contributed by atoms with E-state index in [0.29, 0.717) is 31.8 Å². The maximum atomic E-state index is 13.7. The first-order chi connectivity index (χ1) is 12.6. The molecule has 0 saturated carbocycles. The van der Waals surface area contributed by atoms with Crippen molar-refractivity contribution in [3.8, 4) is 0 Å². The Hall–Kier alpha value is -1.75. The second-order valence-corrected chi connectivity index (χ2v) is 8.56. The van der Waals surface area contributed by atoms with Crippen molar-refractivity contribution in [2.24, 2.45) is 5.92 Å². The second-order valence-electron chi connectivity index (χ2n) is 7.41. The van der Waals surface area contributed by atoms with E-state index < -0.39 is 5.41 Å². The van der Waals surface area contributed by atoms with Gasteiger partial charge in [-0.05, 0) is 36.2 Å². The molecule has 2 heterocycles. The first-order valence-corrected chi connectivity index (χ1v) is 10.6. The van der Waals surface area contributed by atoms with Gasteiger partial charge in [-0.3, -0.25) is 9.59 Å². The third kappa shape index (κ3) is 3.83. The molecule has 1 atom stereocenters. The van der Waals surface area contributed by atoms with Crippen LogP contribution in [0.4, 0.5) is 0 Å². The number of benzene rings is 1. The van der Waals surface area contributed by atoms with E-state index in [1.165, 1.54) is 6.08 Å². The number of nitrogens with zero attached hydrogens (tertiary/aromatic N) is 2. The van der Waals surface area contributed by atoms with Crippen molar-refractivity contribution < 1.29 is 9.59 Å². The molecule has 5 heteroatoms. The lowest BCUT2D eigenvalue weighted by Crippen LogP contribution is -2.54. The van der Waals surface area contributed by atoms with Crippen LogP contribution in [0.5, 0.6) is 0 Å². The van der Waals surface area contributed by atoms with Crippen LogP contribution in [-0.2, 0) is 15.0 Å². The van der Waals surface area contributed by atoms with Gasteiger partial charge in [0.1, 0.15) is 0 Å². The Balaban J connectivity index is 1.88. The third-order valence-electron chi connectivity index (χ3n) is 5.57. The Bertz CT molecular complexity index is 653. The van der Waals surface area contributed by atoms with Gasteiger partial charge in [0, 0.05) is 31.9 Å². The standard InChI is InChI=1S/C21H28N2O2S/c1-3-19(24)22-11-9-21(10-12-22,18-7-5-4-6-8-18)20(25)23-13-14-26-16-17(2)15-23/h3-8,17H,1,9-16H2,2H3. The summed E-state index contributed by atoms with van der Waals surface area (Å²) in [6.07, 6.45) is 2.71.